The summed E-state index contributed by atoms with van der Waals surface area (Å²) in [5.41, 5.74) is 1.35. The molecule has 2 aliphatic rings. The van der Waals surface area contributed by atoms with E-state index in [0.717, 1.165) is 28.6 Å². The van der Waals surface area contributed by atoms with E-state index in [0.29, 0.717) is 0 Å². The summed E-state index contributed by atoms with van der Waals surface area (Å²) in [4.78, 5) is 6.98. The summed E-state index contributed by atoms with van der Waals surface area (Å²) in [6.45, 7) is 0.853. The number of amidine groups is 1. The van der Waals surface area contributed by atoms with Gasteiger partial charge in [-0.1, -0.05) is 72.4 Å². The van der Waals surface area contributed by atoms with Crippen LogP contribution < -0.4 is 0 Å². The predicted octanol–water partition coefficient (Wildman–Crippen LogP) is 2.67. The molecule has 1 fully saturated rings. The van der Waals surface area contributed by atoms with E-state index < -0.39 is 11.8 Å². The molecule has 0 aromatic heterocycles. The molecule has 2 heterocycles. The molecule has 0 radical (unpaired) electrons. The van der Waals surface area contributed by atoms with Gasteiger partial charge in [-0.15, -0.1) is 0 Å². The SMILES string of the molecule is OC1N2CCSC2=NC1(c1ccccc1)c1ccccc1. The highest BCUT2D eigenvalue weighted by atomic mass is 32.2. The van der Waals surface area contributed by atoms with E-state index >= 15 is 0 Å². The maximum atomic E-state index is 11.0. The third-order valence-electron chi connectivity index (χ3n) is 4.18. The Morgan fingerprint density at radius 2 is 1.57 bits per heavy atom. The zero-order valence-electron chi connectivity index (χ0n) is 11.5. The highest BCUT2D eigenvalue weighted by Gasteiger charge is 2.51. The van der Waals surface area contributed by atoms with Gasteiger partial charge in [0.05, 0.1) is 0 Å². The van der Waals surface area contributed by atoms with Crippen LogP contribution in [-0.4, -0.2) is 33.7 Å². The fourth-order valence-electron chi connectivity index (χ4n) is 3.15. The quantitative estimate of drug-likeness (QED) is 0.925. The van der Waals surface area contributed by atoms with Gasteiger partial charge in [0.1, 0.15) is 0 Å². The first-order valence-corrected chi connectivity index (χ1v) is 8.09. The minimum absolute atomic E-state index is 0.646. The summed E-state index contributed by atoms with van der Waals surface area (Å²) in [7, 11) is 0. The Balaban J connectivity index is 1.95. The van der Waals surface area contributed by atoms with Crippen LogP contribution in [0.25, 0.3) is 0 Å². The number of aliphatic imine (C=N–C) groups is 1. The Labute approximate surface area is 128 Å². The topological polar surface area (TPSA) is 35.8 Å². The monoisotopic (exact) mass is 296 g/mol. The molecule has 21 heavy (non-hydrogen) atoms. The third kappa shape index (κ3) is 1.83. The van der Waals surface area contributed by atoms with Gasteiger partial charge in [0.2, 0.25) is 0 Å². The average Bonchev–Trinajstić information content (AvgIpc) is 3.11. The van der Waals surface area contributed by atoms with Crippen molar-refractivity contribution in [3.63, 3.8) is 0 Å². The number of hydrogen-bond acceptors (Lipinski definition) is 4. The smallest absolute Gasteiger partial charge is 0.162 e. The number of fused-ring (bicyclic) bond motifs is 1. The summed E-state index contributed by atoms with van der Waals surface area (Å²) in [6.07, 6.45) is -0.646. The summed E-state index contributed by atoms with van der Waals surface area (Å²) < 4.78 is 0. The van der Waals surface area contributed by atoms with Crippen molar-refractivity contribution in [2.45, 2.75) is 11.8 Å². The van der Waals surface area contributed by atoms with Crippen molar-refractivity contribution >= 4 is 16.9 Å². The molecule has 2 aromatic carbocycles. The second kappa shape index (κ2) is 4.90. The highest BCUT2D eigenvalue weighted by molar-refractivity contribution is 8.14. The third-order valence-corrected chi connectivity index (χ3v) is 5.15. The number of rotatable bonds is 2. The van der Waals surface area contributed by atoms with Gasteiger partial charge in [-0.05, 0) is 11.1 Å². The minimum Gasteiger partial charge on any atom is -0.370 e. The van der Waals surface area contributed by atoms with Crippen LogP contribution in [0, 0.1) is 0 Å². The molecule has 0 saturated carbocycles. The van der Waals surface area contributed by atoms with Gasteiger partial charge >= 0.3 is 0 Å². The highest BCUT2D eigenvalue weighted by Crippen LogP contribution is 2.45. The molecule has 106 valence electrons. The van der Waals surface area contributed by atoms with Gasteiger partial charge in [-0.2, -0.15) is 0 Å². The zero-order valence-corrected chi connectivity index (χ0v) is 12.3. The molecule has 1 N–H and O–H groups in total. The van der Waals surface area contributed by atoms with Crippen molar-refractivity contribution in [2.24, 2.45) is 4.99 Å². The van der Waals surface area contributed by atoms with Gasteiger partial charge < -0.3 is 10.0 Å². The molecule has 2 aliphatic heterocycles. The second-order valence-corrected chi connectivity index (χ2v) is 6.37. The largest absolute Gasteiger partial charge is 0.370 e. The van der Waals surface area contributed by atoms with Crippen LogP contribution in [0.5, 0.6) is 0 Å². The van der Waals surface area contributed by atoms with E-state index in [1.807, 2.05) is 65.6 Å². The van der Waals surface area contributed by atoms with Crippen molar-refractivity contribution in [3.05, 3.63) is 71.8 Å². The molecule has 1 atom stereocenters. The van der Waals surface area contributed by atoms with Crippen LogP contribution in [0.3, 0.4) is 0 Å². The van der Waals surface area contributed by atoms with Crippen molar-refractivity contribution in [1.82, 2.24) is 4.90 Å². The number of hydrogen-bond donors (Lipinski definition) is 1. The summed E-state index contributed by atoms with van der Waals surface area (Å²) in [5, 5.41) is 12.0. The molecular formula is C17H16N2OS. The zero-order chi connectivity index (χ0) is 14.3. The van der Waals surface area contributed by atoms with Crippen LogP contribution in [0.2, 0.25) is 0 Å². The van der Waals surface area contributed by atoms with Crippen molar-refractivity contribution in [3.8, 4) is 0 Å². The van der Waals surface area contributed by atoms with E-state index in [4.69, 9.17) is 4.99 Å². The summed E-state index contributed by atoms with van der Waals surface area (Å²) >= 11 is 1.72. The molecule has 3 nitrogen and oxygen atoms in total. The van der Waals surface area contributed by atoms with Crippen LogP contribution in [-0.2, 0) is 5.54 Å². The molecule has 2 aromatic rings. The number of nitrogens with zero attached hydrogens (tertiary/aromatic N) is 2. The van der Waals surface area contributed by atoms with E-state index in [2.05, 4.69) is 0 Å². The summed E-state index contributed by atoms with van der Waals surface area (Å²) in [5.74, 6) is 0.996. The lowest BCUT2D eigenvalue weighted by molar-refractivity contribution is 0.0239. The van der Waals surface area contributed by atoms with Crippen molar-refractivity contribution < 1.29 is 5.11 Å². The van der Waals surface area contributed by atoms with E-state index in [1.165, 1.54) is 0 Å². The van der Waals surface area contributed by atoms with Crippen LogP contribution in [0.1, 0.15) is 11.1 Å². The van der Waals surface area contributed by atoms with E-state index in [1.54, 1.807) is 11.8 Å². The van der Waals surface area contributed by atoms with Crippen LogP contribution in [0.15, 0.2) is 65.7 Å². The standard InChI is InChI=1S/C17H16N2OS/c20-15-17(13-7-3-1-4-8-13,14-9-5-2-6-10-14)18-16-19(15)11-12-21-16/h1-10,15,20H,11-12H2. The van der Waals surface area contributed by atoms with Crippen LogP contribution >= 0.6 is 11.8 Å². The van der Waals surface area contributed by atoms with E-state index in [9.17, 15) is 5.11 Å². The Morgan fingerprint density at radius 1 is 1.00 bits per heavy atom. The molecule has 0 amide bonds. The first-order chi connectivity index (χ1) is 10.3. The molecule has 0 aliphatic carbocycles. The van der Waals surface area contributed by atoms with E-state index in [-0.39, 0.29) is 0 Å². The average molecular weight is 296 g/mol. The molecule has 4 rings (SSSR count). The normalized spacial score (nSPS) is 23.0. The Kier molecular flexibility index (Phi) is 3.01. The summed E-state index contributed by atoms with van der Waals surface area (Å²) in [6, 6.07) is 20.2. The predicted molar refractivity (Wildman–Crippen MR) is 86.3 cm³/mol. The number of thioether (sulfide) groups is 1. The molecule has 1 saturated heterocycles. The Morgan fingerprint density at radius 3 is 2.10 bits per heavy atom. The fourth-order valence-corrected chi connectivity index (χ4v) is 4.19. The number of aliphatic hydroxyl groups excluding tert-OH is 1. The van der Waals surface area contributed by atoms with Gasteiger partial charge in [-0.25, -0.2) is 4.99 Å². The maximum Gasteiger partial charge on any atom is 0.162 e. The van der Waals surface area contributed by atoms with Gasteiger partial charge in [-0.3, -0.25) is 0 Å². The fraction of sp³-hybridized carbons (Fsp3) is 0.235. The molecule has 1 unspecified atom stereocenters. The van der Waals surface area contributed by atoms with Crippen molar-refractivity contribution in [2.75, 3.05) is 12.3 Å². The lowest BCUT2D eigenvalue weighted by Crippen LogP contribution is -2.44. The molecule has 0 spiro atoms. The molecule has 4 heteroatoms. The second-order valence-electron chi connectivity index (χ2n) is 5.31. The molecule has 0 bridgehead atoms. The number of benzene rings is 2. The van der Waals surface area contributed by atoms with Gasteiger partial charge in [0.15, 0.2) is 16.9 Å². The lowest BCUT2D eigenvalue weighted by Gasteiger charge is -2.33. The first kappa shape index (κ1) is 12.9. The van der Waals surface area contributed by atoms with Gasteiger partial charge in [0, 0.05) is 12.3 Å². The molecular weight excluding hydrogens is 280 g/mol. The van der Waals surface area contributed by atoms with Gasteiger partial charge in [0.25, 0.3) is 0 Å². The maximum absolute atomic E-state index is 11.0. The Bertz CT molecular complexity index is 632. The van der Waals surface area contributed by atoms with Crippen LogP contribution in [0.4, 0.5) is 0 Å². The Hall–Kier alpha value is -1.78. The minimum atomic E-state index is -0.717. The number of aliphatic hydroxyl groups is 1. The first-order valence-electron chi connectivity index (χ1n) is 7.11. The van der Waals surface area contributed by atoms with Crippen molar-refractivity contribution in [1.29, 1.82) is 0 Å². The lowest BCUT2D eigenvalue weighted by atomic mass is 9.82.